The molecule has 6 nitrogen and oxygen atoms in total. The van der Waals surface area contributed by atoms with Crippen molar-refractivity contribution in [3.8, 4) is 0 Å². The van der Waals surface area contributed by atoms with Crippen molar-refractivity contribution in [2.45, 2.75) is 37.1 Å². The van der Waals surface area contributed by atoms with Crippen molar-refractivity contribution in [3.63, 3.8) is 0 Å². The van der Waals surface area contributed by atoms with Crippen LogP contribution in [0.4, 0.5) is 0 Å². The number of aromatic nitrogens is 3. The maximum Gasteiger partial charge on any atom is 0.263 e. The van der Waals surface area contributed by atoms with Gasteiger partial charge in [0.15, 0.2) is 0 Å². The molecule has 7 heteroatoms. The lowest BCUT2D eigenvalue weighted by Gasteiger charge is -2.26. The van der Waals surface area contributed by atoms with Crippen molar-refractivity contribution in [1.82, 2.24) is 18.7 Å². The van der Waals surface area contributed by atoms with Crippen molar-refractivity contribution in [1.29, 1.82) is 0 Å². The fourth-order valence-electron chi connectivity index (χ4n) is 4.65. The molecule has 0 spiro atoms. The molecule has 176 valence electrons. The van der Waals surface area contributed by atoms with Crippen LogP contribution in [-0.2, 0) is 23.0 Å². The van der Waals surface area contributed by atoms with E-state index in [-0.39, 0.29) is 6.04 Å². The van der Waals surface area contributed by atoms with Crippen molar-refractivity contribution in [2.24, 2.45) is 0 Å². The molecular formula is C27H30N4O2S. The number of nitrogens with zero attached hydrogens (tertiary/aromatic N) is 4. The second-order valence-corrected chi connectivity index (χ2v) is 11.8. The molecule has 1 unspecified atom stereocenters. The molecule has 0 radical (unpaired) electrons. The van der Waals surface area contributed by atoms with E-state index in [2.05, 4.69) is 71.4 Å². The number of rotatable bonds is 7. The van der Waals surface area contributed by atoms with Gasteiger partial charge in [-0.2, -0.15) is 9.19 Å². The van der Waals surface area contributed by atoms with Gasteiger partial charge in [0.25, 0.3) is 10.0 Å². The molecule has 5 rings (SSSR count). The molecule has 2 heterocycles. The molecule has 0 fully saturated rings. The highest BCUT2D eigenvalue weighted by atomic mass is 32.2. The number of fused-ring (bicyclic) bond motifs is 2. The summed E-state index contributed by atoms with van der Waals surface area (Å²) in [7, 11) is 0.510. The molecule has 0 aliphatic heterocycles. The molecule has 0 saturated carbocycles. The summed E-state index contributed by atoms with van der Waals surface area (Å²) in [5, 5.41) is 7.61. The third-order valence-electron chi connectivity index (χ3n) is 6.86. The summed E-state index contributed by atoms with van der Waals surface area (Å²) in [6.45, 7) is 2.61. The molecule has 1 aliphatic rings. The first kappa shape index (κ1) is 22.6. The fourth-order valence-corrected chi connectivity index (χ4v) is 6.19. The second-order valence-electron chi connectivity index (χ2n) is 9.60. The summed E-state index contributed by atoms with van der Waals surface area (Å²) in [5.41, 5.74) is 1.78. The maximum absolute atomic E-state index is 13.4. The van der Waals surface area contributed by atoms with Gasteiger partial charge in [-0.1, -0.05) is 54.6 Å². The van der Waals surface area contributed by atoms with Crippen LogP contribution in [0.5, 0.6) is 0 Å². The van der Waals surface area contributed by atoms with E-state index in [1.165, 1.54) is 14.9 Å². The average molecular weight is 475 g/mol. The average Bonchev–Trinajstić information content (AvgIpc) is 3.42. The van der Waals surface area contributed by atoms with Crippen LogP contribution in [0, 0.1) is 0 Å². The Bertz CT molecular complexity index is 1480. The quantitative estimate of drug-likeness (QED) is 0.392. The van der Waals surface area contributed by atoms with E-state index in [0.29, 0.717) is 11.9 Å². The van der Waals surface area contributed by atoms with Gasteiger partial charge in [0.05, 0.1) is 11.7 Å². The summed E-state index contributed by atoms with van der Waals surface area (Å²) < 4.78 is 29.3. The summed E-state index contributed by atoms with van der Waals surface area (Å²) in [4.78, 5) is 2.24. The van der Waals surface area contributed by atoms with Crippen LogP contribution in [0.2, 0.25) is 0 Å². The van der Waals surface area contributed by atoms with E-state index in [0.717, 1.165) is 23.9 Å². The summed E-state index contributed by atoms with van der Waals surface area (Å²) in [6, 6.07) is 14.7. The van der Waals surface area contributed by atoms with E-state index in [9.17, 15) is 8.42 Å². The van der Waals surface area contributed by atoms with E-state index in [4.69, 9.17) is 0 Å². The number of benzene rings is 2. The Balaban J connectivity index is 1.41. The minimum atomic E-state index is -3.69. The Kier molecular flexibility index (Phi) is 5.70. The molecule has 0 amide bonds. The number of likely N-dealkylation sites (N-methyl/N-ethyl adjacent to an activating group) is 1. The Morgan fingerprint density at radius 1 is 1.06 bits per heavy atom. The van der Waals surface area contributed by atoms with Gasteiger partial charge < -0.3 is 9.47 Å². The van der Waals surface area contributed by atoms with E-state index in [1.54, 1.807) is 25.3 Å². The normalized spacial score (nSPS) is 19.4. The molecular weight excluding hydrogens is 444 g/mol. The zero-order chi connectivity index (χ0) is 23.9. The molecule has 2 aromatic carbocycles. The van der Waals surface area contributed by atoms with Gasteiger partial charge in [-0.15, -0.1) is 0 Å². The Hall–Kier alpha value is -3.16. The predicted octanol–water partition coefficient (Wildman–Crippen LogP) is 4.62. The molecule has 0 N–H and O–H groups in total. The molecule has 0 bridgehead atoms. The fraction of sp³-hybridized carbons (Fsp3) is 0.296. The smallest absolute Gasteiger partial charge is 0.263 e. The van der Waals surface area contributed by atoms with Gasteiger partial charge >= 0.3 is 0 Å². The van der Waals surface area contributed by atoms with Gasteiger partial charge in [-0.3, -0.25) is 0 Å². The van der Waals surface area contributed by atoms with Crippen LogP contribution in [0.25, 0.3) is 21.7 Å². The minimum Gasteiger partial charge on any atom is -0.351 e. The molecule has 2 aromatic heterocycles. The third kappa shape index (κ3) is 3.99. The first-order valence-electron chi connectivity index (χ1n) is 11.5. The SMILES string of the molecule is CN(C)[C@@H](Cc1ccc2c(cnn2S(=O)(=O)C2(C)C=CC=CC2)c1)Cn1cc2ccccc2c1. The number of allylic oxidation sites excluding steroid dienone is 3. The number of hydrogen-bond donors (Lipinski definition) is 0. The van der Waals surface area contributed by atoms with E-state index >= 15 is 0 Å². The van der Waals surface area contributed by atoms with Gasteiger partial charge in [-0.05, 0) is 62.3 Å². The lowest BCUT2D eigenvalue weighted by atomic mass is 10.0. The van der Waals surface area contributed by atoms with Crippen LogP contribution >= 0.6 is 0 Å². The van der Waals surface area contributed by atoms with Crippen molar-refractivity contribution in [2.75, 3.05) is 14.1 Å². The van der Waals surface area contributed by atoms with Crippen molar-refractivity contribution in [3.05, 3.63) is 90.9 Å². The van der Waals surface area contributed by atoms with Crippen molar-refractivity contribution < 1.29 is 8.42 Å². The van der Waals surface area contributed by atoms with Crippen molar-refractivity contribution >= 4 is 31.7 Å². The Labute approximate surface area is 200 Å². The summed E-state index contributed by atoms with van der Waals surface area (Å²) in [5.74, 6) is 0. The molecule has 4 aromatic rings. The monoisotopic (exact) mass is 474 g/mol. The van der Waals surface area contributed by atoms with E-state index in [1.807, 2.05) is 24.3 Å². The Morgan fingerprint density at radius 3 is 2.44 bits per heavy atom. The zero-order valence-electron chi connectivity index (χ0n) is 19.8. The lowest BCUT2D eigenvalue weighted by Crippen LogP contribution is -2.38. The highest BCUT2D eigenvalue weighted by molar-refractivity contribution is 7.91. The number of hydrogen-bond acceptors (Lipinski definition) is 4. The van der Waals surface area contributed by atoms with Crippen LogP contribution in [-0.4, -0.2) is 52.0 Å². The molecule has 2 atom stereocenters. The van der Waals surface area contributed by atoms with Crippen LogP contribution < -0.4 is 0 Å². The van der Waals surface area contributed by atoms with Gasteiger partial charge in [0.2, 0.25) is 0 Å². The highest BCUT2D eigenvalue weighted by Gasteiger charge is 2.39. The molecule has 1 aliphatic carbocycles. The Morgan fingerprint density at radius 2 is 1.79 bits per heavy atom. The second kappa shape index (κ2) is 8.56. The topological polar surface area (TPSA) is 60.1 Å². The maximum atomic E-state index is 13.4. The lowest BCUT2D eigenvalue weighted by molar-refractivity contribution is 0.263. The molecule has 0 saturated heterocycles. The minimum absolute atomic E-state index is 0.288. The largest absolute Gasteiger partial charge is 0.351 e. The highest BCUT2D eigenvalue weighted by Crippen LogP contribution is 2.31. The zero-order valence-corrected chi connectivity index (χ0v) is 20.6. The van der Waals surface area contributed by atoms with Crippen LogP contribution in [0.15, 0.2) is 85.4 Å². The summed E-state index contributed by atoms with van der Waals surface area (Å²) in [6.07, 6.45) is 14.6. The third-order valence-corrected chi connectivity index (χ3v) is 9.09. The van der Waals surface area contributed by atoms with Crippen LogP contribution in [0.3, 0.4) is 0 Å². The first-order valence-corrected chi connectivity index (χ1v) is 13.0. The van der Waals surface area contributed by atoms with Gasteiger partial charge in [0.1, 0.15) is 4.75 Å². The first-order chi connectivity index (χ1) is 16.3. The standard InChI is InChI=1S/C27H30N4O2S/c1-27(13-7-4-8-14-27)34(32,33)31-26-12-11-21(15-24(26)17-28-31)16-25(29(2)3)20-30-18-22-9-5-6-10-23(22)19-30/h4-13,15,17-19,25H,14,16,20H2,1-3H3/t25-,27?/m0/s1. The van der Waals surface area contributed by atoms with Gasteiger partial charge in [-0.25, -0.2) is 8.42 Å². The van der Waals surface area contributed by atoms with E-state index < -0.39 is 14.8 Å². The van der Waals surface area contributed by atoms with Gasteiger partial charge in [0, 0.05) is 30.4 Å². The predicted molar refractivity (Wildman–Crippen MR) is 138 cm³/mol. The van der Waals surface area contributed by atoms with Crippen LogP contribution in [0.1, 0.15) is 18.9 Å². The molecule has 34 heavy (non-hydrogen) atoms. The summed E-state index contributed by atoms with van der Waals surface area (Å²) >= 11 is 0.